The number of nitrogens with one attached hydrogen (secondary N) is 1. The number of amidine groups is 1. The van der Waals surface area contributed by atoms with Crippen molar-refractivity contribution in [1.82, 2.24) is 4.90 Å². The van der Waals surface area contributed by atoms with Crippen LogP contribution in [0.25, 0.3) is 0 Å². The number of fused-ring (bicyclic) bond motifs is 1. The number of aliphatic imine (C=N–C) groups is 1. The summed E-state index contributed by atoms with van der Waals surface area (Å²) in [5, 5.41) is 6.12. The van der Waals surface area contributed by atoms with Crippen LogP contribution in [-0.4, -0.2) is 35.2 Å². The van der Waals surface area contributed by atoms with Crippen LogP contribution in [0.5, 0.6) is 5.75 Å². The third-order valence-electron chi connectivity index (χ3n) is 5.40. The van der Waals surface area contributed by atoms with Gasteiger partial charge in [0.05, 0.1) is 23.9 Å². The molecular formula is C25H24ClN3O4S. The smallest absolute Gasteiger partial charge is 0.338 e. The molecule has 2 heterocycles. The van der Waals surface area contributed by atoms with Gasteiger partial charge in [-0.1, -0.05) is 41.6 Å². The maximum Gasteiger partial charge on any atom is 0.338 e. The lowest BCUT2D eigenvalue weighted by molar-refractivity contribution is -0.139. The van der Waals surface area contributed by atoms with E-state index in [0.717, 1.165) is 16.3 Å². The van der Waals surface area contributed by atoms with Gasteiger partial charge in [0, 0.05) is 16.9 Å². The van der Waals surface area contributed by atoms with E-state index < -0.39 is 12.0 Å². The zero-order valence-electron chi connectivity index (χ0n) is 19.0. The van der Waals surface area contributed by atoms with Crippen LogP contribution in [0.15, 0.2) is 70.3 Å². The third kappa shape index (κ3) is 4.98. The lowest BCUT2D eigenvalue weighted by Gasteiger charge is -2.33. The SMILES string of the molecule is CCOC(=O)C1=C(C)N=C2SC=CN2[C@@H]1c1cccc(OCC(=O)Nc2cccc(Cl)c2C)c1. The van der Waals surface area contributed by atoms with Crippen molar-refractivity contribution in [2.75, 3.05) is 18.5 Å². The predicted octanol–water partition coefficient (Wildman–Crippen LogP) is 5.43. The summed E-state index contributed by atoms with van der Waals surface area (Å²) in [5.41, 5.74) is 3.35. The Morgan fingerprint density at radius 3 is 2.79 bits per heavy atom. The average Bonchev–Trinajstić information content (AvgIpc) is 3.28. The normalized spacial score (nSPS) is 16.8. The van der Waals surface area contributed by atoms with Crippen LogP contribution in [-0.2, 0) is 14.3 Å². The van der Waals surface area contributed by atoms with E-state index in [4.69, 9.17) is 21.1 Å². The molecule has 0 aromatic heterocycles. The first-order chi connectivity index (χ1) is 16.4. The van der Waals surface area contributed by atoms with Crippen molar-refractivity contribution in [2.45, 2.75) is 26.8 Å². The number of anilines is 1. The summed E-state index contributed by atoms with van der Waals surface area (Å²) in [4.78, 5) is 31.8. The maximum atomic E-state index is 12.8. The largest absolute Gasteiger partial charge is 0.484 e. The zero-order valence-corrected chi connectivity index (χ0v) is 20.6. The molecular weight excluding hydrogens is 474 g/mol. The van der Waals surface area contributed by atoms with Gasteiger partial charge in [0.15, 0.2) is 11.8 Å². The second-order valence-corrected chi connectivity index (χ2v) is 8.93. The lowest BCUT2D eigenvalue weighted by atomic mass is 9.94. The van der Waals surface area contributed by atoms with Crippen molar-refractivity contribution < 1.29 is 19.1 Å². The molecule has 0 spiro atoms. The molecule has 1 atom stereocenters. The summed E-state index contributed by atoms with van der Waals surface area (Å²) in [6.45, 7) is 5.52. The van der Waals surface area contributed by atoms with Crippen molar-refractivity contribution in [3.05, 3.63) is 81.5 Å². The quantitative estimate of drug-likeness (QED) is 0.513. The van der Waals surface area contributed by atoms with E-state index in [2.05, 4.69) is 10.3 Å². The molecule has 0 fully saturated rings. The van der Waals surface area contributed by atoms with Gasteiger partial charge in [-0.25, -0.2) is 9.79 Å². The van der Waals surface area contributed by atoms with Crippen molar-refractivity contribution in [1.29, 1.82) is 0 Å². The van der Waals surface area contributed by atoms with Gasteiger partial charge in [0.25, 0.3) is 5.91 Å². The Morgan fingerprint density at radius 2 is 2.00 bits per heavy atom. The van der Waals surface area contributed by atoms with Crippen molar-refractivity contribution >= 4 is 46.1 Å². The Balaban J connectivity index is 1.53. The minimum atomic E-state index is -0.413. The molecule has 2 aliphatic heterocycles. The molecule has 4 rings (SSSR count). The first-order valence-corrected chi connectivity index (χ1v) is 12.0. The predicted molar refractivity (Wildman–Crippen MR) is 135 cm³/mol. The highest BCUT2D eigenvalue weighted by molar-refractivity contribution is 8.16. The summed E-state index contributed by atoms with van der Waals surface area (Å²) < 4.78 is 11.1. The molecule has 7 nitrogen and oxygen atoms in total. The van der Waals surface area contributed by atoms with Gasteiger partial charge in [0.2, 0.25) is 0 Å². The minimum absolute atomic E-state index is 0.175. The van der Waals surface area contributed by atoms with Crippen LogP contribution in [0.2, 0.25) is 5.02 Å². The first-order valence-electron chi connectivity index (χ1n) is 10.7. The van der Waals surface area contributed by atoms with Gasteiger partial charge < -0.3 is 19.7 Å². The molecule has 2 aliphatic rings. The van der Waals surface area contributed by atoms with Crippen molar-refractivity contribution in [3.8, 4) is 5.75 Å². The summed E-state index contributed by atoms with van der Waals surface area (Å²) in [6, 6.07) is 12.3. The molecule has 176 valence electrons. The number of allylic oxidation sites excluding steroid dienone is 1. The number of amides is 1. The number of thioether (sulfide) groups is 1. The van der Waals surface area contributed by atoms with E-state index in [0.29, 0.717) is 27.7 Å². The Bertz CT molecular complexity index is 1220. The van der Waals surface area contributed by atoms with Gasteiger partial charge in [0.1, 0.15) is 5.75 Å². The number of rotatable bonds is 7. The van der Waals surface area contributed by atoms with E-state index in [9.17, 15) is 9.59 Å². The number of hydrogen-bond acceptors (Lipinski definition) is 7. The summed E-state index contributed by atoms with van der Waals surface area (Å²) in [7, 11) is 0. The van der Waals surface area contributed by atoms with Gasteiger partial charge >= 0.3 is 5.97 Å². The molecule has 9 heteroatoms. The second-order valence-electron chi connectivity index (χ2n) is 7.65. The van der Waals surface area contributed by atoms with E-state index in [1.165, 1.54) is 11.8 Å². The molecule has 0 saturated carbocycles. The van der Waals surface area contributed by atoms with Crippen LogP contribution in [0.4, 0.5) is 5.69 Å². The number of carbonyl (C=O) groups is 2. The van der Waals surface area contributed by atoms with Crippen molar-refractivity contribution in [3.63, 3.8) is 0 Å². The van der Waals surface area contributed by atoms with Crippen molar-refractivity contribution in [2.24, 2.45) is 4.99 Å². The van der Waals surface area contributed by atoms with Crippen LogP contribution >= 0.6 is 23.4 Å². The standard InChI is InChI=1S/C25H24ClN3O4S/c1-4-32-24(31)22-16(3)27-25-29(11-12-34-25)23(22)17-7-5-8-18(13-17)33-14-21(30)28-20-10-6-9-19(26)15(20)2/h5-13,23H,4,14H2,1-3H3,(H,28,30)/t23-/m1/s1. The van der Waals surface area contributed by atoms with E-state index in [-0.39, 0.29) is 19.1 Å². The number of ether oxygens (including phenoxy) is 2. The van der Waals surface area contributed by atoms with Gasteiger partial charge in [-0.2, -0.15) is 0 Å². The Labute approximate surface area is 207 Å². The van der Waals surface area contributed by atoms with Crippen LogP contribution in [0, 0.1) is 6.92 Å². The third-order valence-corrected chi connectivity index (χ3v) is 6.58. The summed E-state index contributed by atoms with van der Waals surface area (Å²) in [6.07, 6.45) is 1.90. The van der Waals surface area contributed by atoms with E-state index >= 15 is 0 Å². The average molecular weight is 498 g/mol. The highest BCUT2D eigenvalue weighted by Crippen LogP contribution is 2.41. The molecule has 34 heavy (non-hydrogen) atoms. The van der Waals surface area contributed by atoms with Gasteiger partial charge in [-0.15, -0.1) is 0 Å². The fourth-order valence-corrected chi connectivity index (χ4v) is 4.72. The fraction of sp³-hybridized carbons (Fsp3) is 0.240. The van der Waals surface area contributed by atoms with E-state index in [1.54, 1.807) is 31.2 Å². The topological polar surface area (TPSA) is 80.2 Å². The fourth-order valence-electron chi connectivity index (χ4n) is 3.75. The maximum absolute atomic E-state index is 12.8. The zero-order chi connectivity index (χ0) is 24.2. The highest BCUT2D eigenvalue weighted by Gasteiger charge is 2.37. The molecule has 2 aromatic rings. The number of esters is 1. The van der Waals surface area contributed by atoms with Crippen LogP contribution in [0.3, 0.4) is 0 Å². The molecule has 0 bridgehead atoms. The molecule has 2 aromatic carbocycles. The van der Waals surface area contributed by atoms with Gasteiger partial charge in [-0.3, -0.25) is 4.79 Å². The number of halogens is 1. The number of benzene rings is 2. The second kappa shape index (κ2) is 10.4. The molecule has 0 unspecified atom stereocenters. The monoisotopic (exact) mass is 497 g/mol. The Kier molecular flexibility index (Phi) is 7.29. The highest BCUT2D eigenvalue weighted by atomic mass is 35.5. The minimum Gasteiger partial charge on any atom is -0.484 e. The Morgan fingerprint density at radius 1 is 1.21 bits per heavy atom. The molecule has 1 amide bonds. The van der Waals surface area contributed by atoms with E-state index in [1.807, 2.05) is 48.6 Å². The Hall–Kier alpha value is -3.23. The molecule has 1 N–H and O–H groups in total. The molecule has 0 aliphatic carbocycles. The first kappa shape index (κ1) is 23.9. The summed E-state index contributed by atoms with van der Waals surface area (Å²) in [5.74, 6) is -0.193. The summed E-state index contributed by atoms with van der Waals surface area (Å²) >= 11 is 7.62. The van der Waals surface area contributed by atoms with Crippen LogP contribution in [0.1, 0.15) is 31.0 Å². The molecule has 0 radical (unpaired) electrons. The lowest BCUT2D eigenvalue weighted by Crippen LogP contribution is -2.34. The number of nitrogens with zero attached hydrogens (tertiary/aromatic N) is 2. The van der Waals surface area contributed by atoms with Crippen LogP contribution < -0.4 is 10.1 Å². The molecule has 0 saturated heterocycles. The van der Waals surface area contributed by atoms with Gasteiger partial charge in [-0.05, 0) is 61.6 Å². The number of hydrogen-bond donors (Lipinski definition) is 1. The number of carbonyl (C=O) groups excluding carboxylic acids is 2.